The molecule has 0 radical (unpaired) electrons. The molecule has 0 unspecified atom stereocenters. The predicted molar refractivity (Wildman–Crippen MR) is 121 cm³/mol. The second-order valence-corrected chi connectivity index (χ2v) is 9.53. The van der Waals surface area contributed by atoms with Crippen molar-refractivity contribution in [3.8, 4) is 10.4 Å². The van der Waals surface area contributed by atoms with E-state index in [9.17, 15) is 4.79 Å². The number of aromatic nitrogens is 2. The van der Waals surface area contributed by atoms with Crippen LogP contribution in [0.15, 0.2) is 59.0 Å². The van der Waals surface area contributed by atoms with Crippen LogP contribution in [0.3, 0.4) is 0 Å². The van der Waals surface area contributed by atoms with Crippen molar-refractivity contribution in [1.82, 2.24) is 14.9 Å². The molecule has 6 rings (SSSR count). The summed E-state index contributed by atoms with van der Waals surface area (Å²) in [7, 11) is 0. The van der Waals surface area contributed by atoms with Gasteiger partial charge in [-0.2, -0.15) is 4.98 Å². The summed E-state index contributed by atoms with van der Waals surface area (Å²) >= 11 is 1.58. The molecule has 2 fully saturated rings. The largest absolute Gasteiger partial charge is 0.424 e. The second-order valence-electron chi connectivity index (χ2n) is 8.33. The van der Waals surface area contributed by atoms with E-state index in [0.717, 1.165) is 33.1 Å². The van der Waals surface area contributed by atoms with Gasteiger partial charge in [0.2, 0.25) is 0 Å². The van der Waals surface area contributed by atoms with Crippen molar-refractivity contribution in [1.29, 1.82) is 0 Å². The van der Waals surface area contributed by atoms with Crippen LogP contribution in [0.1, 0.15) is 21.9 Å². The van der Waals surface area contributed by atoms with Crippen LogP contribution in [-0.2, 0) is 0 Å². The van der Waals surface area contributed by atoms with Crippen molar-refractivity contribution < 1.29 is 9.21 Å². The maximum Gasteiger partial charge on any atom is 0.295 e. The minimum Gasteiger partial charge on any atom is -0.424 e. The summed E-state index contributed by atoms with van der Waals surface area (Å²) in [6, 6.07) is 18.4. The molecular formula is C24H22N4O2S. The zero-order valence-corrected chi connectivity index (χ0v) is 17.9. The highest BCUT2D eigenvalue weighted by Gasteiger charge is 2.54. The molecule has 1 saturated heterocycles. The number of amides is 1. The fourth-order valence-electron chi connectivity index (χ4n) is 4.70. The number of para-hydroxylation sites is 2. The first-order valence-electron chi connectivity index (χ1n) is 10.6. The molecule has 156 valence electrons. The fourth-order valence-corrected chi connectivity index (χ4v) is 5.62. The number of oxazole rings is 1. The number of likely N-dealkylation sites (tertiary alicyclic amines) is 1. The molecule has 4 aromatic rings. The first-order valence-corrected chi connectivity index (χ1v) is 11.4. The number of carbonyl (C=O) groups is 1. The van der Waals surface area contributed by atoms with E-state index >= 15 is 0 Å². The molecule has 3 heterocycles. The van der Waals surface area contributed by atoms with Crippen LogP contribution in [0, 0.1) is 18.8 Å². The number of thiazole rings is 1. The Morgan fingerprint density at radius 3 is 2.81 bits per heavy atom. The van der Waals surface area contributed by atoms with Crippen LogP contribution >= 0.6 is 11.3 Å². The van der Waals surface area contributed by atoms with E-state index in [1.54, 1.807) is 11.3 Å². The van der Waals surface area contributed by atoms with E-state index in [-0.39, 0.29) is 11.9 Å². The SMILES string of the molecule is Cc1nc(C(=O)N2C[C@@H]3C[C@@H]3[C@H]2CNc2nc3ccccc3o2)c(-c2ccccc2)s1. The molecule has 0 spiro atoms. The highest BCUT2D eigenvalue weighted by atomic mass is 32.1. The Labute approximate surface area is 183 Å². The van der Waals surface area contributed by atoms with E-state index in [1.165, 1.54) is 6.42 Å². The molecule has 1 N–H and O–H groups in total. The van der Waals surface area contributed by atoms with Crippen molar-refractivity contribution >= 4 is 34.4 Å². The summed E-state index contributed by atoms with van der Waals surface area (Å²) in [6.45, 7) is 3.39. The van der Waals surface area contributed by atoms with Gasteiger partial charge in [0.05, 0.1) is 15.9 Å². The predicted octanol–water partition coefficient (Wildman–Crippen LogP) is 4.83. The van der Waals surface area contributed by atoms with E-state index in [0.29, 0.717) is 30.1 Å². The molecule has 6 nitrogen and oxygen atoms in total. The smallest absolute Gasteiger partial charge is 0.295 e. The lowest BCUT2D eigenvalue weighted by atomic mass is 10.1. The second kappa shape index (κ2) is 7.20. The zero-order chi connectivity index (χ0) is 20.9. The van der Waals surface area contributed by atoms with Crippen LogP contribution in [0.4, 0.5) is 6.01 Å². The normalized spacial score (nSPS) is 22.0. The average molecular weight is 431 g/mol. The van der Waals surface area contributed by atoms with Crippen LogP contribution < -0.4 is 5.32 Å². The molecule has 1 aliphatic carbocycles. The number of fused-ring (bicyclic) bond motifs is 2. The van der Waals surface area contributed by atoms with Gasteiger partial charge in [-0.15, -0.1) is 11.3 Å². The summed E-state index contributed by atoms with van der Waals surface area (Å²) in [5.74, 6) is 1.17. The third kappa shape index (κ3) is 3.29. The number of hydrogen-bond acceptors (Lipinski definition) is 6. The number of carbonyl (C=O) groups excluding carboxylic acids is 1. The summed E-state index contributed by atoms with van der Waals surface area (Å²) in [4.78, 5) is 25.7. The van der Waals surface area contributed by atoms with E-state index < -0.39 is 0 Å². The highest BCUT2D eigenvalue weighted by Crippen LogP contribution is 2.50. The minimum absolute atomic E-state index is 0.0276. The zero-order valence-electron chi connectivity index (χ0n) is 17.1. The Hall–Kier alpha value is -3.19. The van der Waals surface area contributed by atoms with Crippen LogP contribution in [0.25, 0.3) is 21.5 Å². The third-order valence-corrected chi connectivity index (χ3v) is 7.31. The minimum atomic E-state index is 0.0276. The van der Waals surface area contributed by atoms with Gasteiger partial charge in [0, 0.05) is 13.1 Å². The Morgan fingerprint density at radius 2 is 1.97 bits per heavy atom. The highest BCUT2D eigenvalue weighted by molar-refractivity contribution is 7.15. The number of piperidine rings is 1. The molecule has 31 heavy (non-hydrogen) atoms. The van der Waals surface area contributed by atoms with Crippen LogP contribution in [0.5, 0.6) is 0 Å². The maximum atomic E-state index is 13.6. The molecule has 2 aromatic heterocycles. The first kappa shape index (κ1) is 18.6. The van der Waals surface area contributed by atoms with E-state index in [2.05, 4.69) is 15.3 Å². The Bertz CT molecular complexity index is 1230. The molecular weight excluding hydrogens is 408 g/mol. The molecule has 2 aromatic carbocycles. The van der Waals surface area contributed by atoms with Gasteiger partial charge in [-0.1, -0.05) is 42.5 Å². The number of nitrogens with zero attached hydrogens (tertiary/aromatic N) is 3. The number of nitrogens with one attached hydrogen (secondary N) is 1. The fraction of sp³-hybridized carbons (Fsp3) is 0.292. The standard InChI is InChI=1S/C24H22N4O2S/c1-14-26-21(22(31-14)15-7-3-2-4-8-15)23(29)28-13-16-11-17(16)19(28)12-25-24-27-18-9-5-6-10-20(18)30-24/h2-10,16-17,19H,11-13H2,1H3,(H,25,27)/t16-,17-,19+/m0/s1. The molecule has 7 heteroatoms. The van der Waals surface area contributed by atoms with E-state index in [1.807, 2.05) is 66.4 Å². The van der Waals surface area contributed by atoms with Crippen LogP contribution in [-0.4, -0.2) is 39.9 Å². The van der Waals surface area contributed by atoms with Crippen molar-refractivity contribution in [3.05, 3.63) is 65.3 Å². The van der Waals surface area contributed by atoms with Crippen molar-refractivity contribution in [2.24, 2.45) is 11.8 Å². The van der Waals surface area contributed by atoms with Crippen LogP contribution in [0.2, 0.25) is 0 Å². The number of aryl methyl sites for hydroxylation is 1. The molecule has 1 saturated carbocycles. The Kier molecular flexibility index (Phi) is 4.31. The topological polar surface area (TPSA) is 71.3 Å². The first-order chi connectivity index (χ1) is 15.2. The summed E-state index contributed by atoms with van der Waals surface area (Å²) in [6.07, 6.45) is 1.19. The Morgan fingerprint density at radius 1 is 1.16 bits per heavy atom. The van der Waals surface area contributed by atoms with Gasteiger partial charge in [0.1, 0.15) is 11.2 Å². The number of anilines is 1. The van der Waals surface area contributed by atoms with Gasteiger partial charge in [0.15, 0.2) is 5.58 Å². The van der Waals surface area contributed by atoms with E-state index in [4.69, 9.17) is 4.42 Å². The van der Waals surface area contributed by atoms with Crippen molar-refractivity contribution in [2.75, 3.05) is 18.4 Å². The molecule has 0 bridgehead atoms. The van der Waals surface area contributed by atoms with Gasteiger partial charge in [0.25, 0.3) is 11.9 Å². The average Bonchev–Trinajstić information content (AvgIpc) is 3.12. The maximum absolute atomic E-state index is 13.6. The lowest BCUT2D eigenvalue weighted by Crippen LogP contribution is -2.42. The van der Waals surface area contributed by atoms with Gasteiger partial charge in [-0.05, 0) is 42.9 Å². The van der Waals surface area contributed by atoms with Gasteiger partial charge < -0.3 is 14.6 Å². The lowest BCUT2D eigenvalue weighted by molar-refractivity contribution is 0.0710. The number of rotatable bonds is 5. The molecule has 3 atom stereocenters. The summed E-state index contributed by atoms with van der Waals surface area (Å²) < 4.78 is 5.80. The van der Waals surface area contributed by atoms with Crippen molar-refractivity contribution in [3.63, 3.8) is 0 Å². The third-order valence-electron chi connectivity index (χ3n) is 6.29. The van der Waals surface area contributed by atoms with Gasteiger partial charge in [-0.25, -0.2) is 4.98 Å². The summed E-state index contributed by atoms with van der Waals surface area (Å²) in [5, 5.41) is 4.24. The molecule has 1 aliphatic heterocycles. The molecule has 2 aliphatic rings. The lowest BCUT2D eigenvalue weighted by Gasteiger charge is -2.27. The number of hydrogen-bond donors (Lipinski definition) is 1. The summed E-state index contributed by atoms with van der Waals surface area (Å²) in [5.41, 5.74) is 3.21. The van der Waals surface area contributed by atoms with Gasteiger partial charge >= 0.3 is 0 Å². The van der Waals surface area contributed by atoms with Gasteiger partial charge in [-0.3, -0.25) is 4.79 Å². The monoisotopic (exact) mass is 430 g/mol. The number of benzene rings is 2. The molecule has 1 amide bonds. The Balaban J connectivity index is 1.24. The van der Waals surface area contributed by atoms with Crippen molar-refractivity contribution in [2.45, 2.75) is 19.4 Å². The quantitative estimate of drug-likeness (QED) is 0.491.